The van der Waals surface area contributed by atoms with Crippen LogP contribution in [0.1, 0.15) is 44.1 Å². The van der Waals surface area contributed by atoms with E-state index in [0.29, 0.717) is 50.4 Å². The average Bonchev–Trinajstić information content (AvgIpc) is 2.93. The predicted octanol–water partition coefficient (Wildman–Crippen LogP) is 4.34. The third kappa shape index (κ3) is 4.62. The van der Waals surface area contributed by atoms with Crippen LogP contribution in [0, 0.1) is 17.8 Å². The van der Waals surface area contributed by atoms with Crippen LogP contribution in [0.5, 0.6) is 0 Å². The molecule has 2 aromatic rings. The van der Waals surface area contributed by atoms with Crippen molar-refractivity contribution in [3.05, 3.63) is 60.2 Å². The molecule has 4 aliphatic carbocycles. The van der Waals surface area contributed by atoms with Crippen molar-refractivity contribution in [2.24, 2.45) is 17.8 Å². The van der Waals surface area contributed by atoms with Crippen molar-refractivity contribution in [3.63, 3.8) is 0 Å². The summed E-state index contributed by atoms with van der Waals surface area (Å²) in [5.41, 5.74) is 4.77. The van der Waals surface area contributed by atoms with Crippen molar-refractivity contribution in [1.82, 2.24) is 9.62 Å². The summed E-state index contributed by atoms with van der Waals surface area (Å²) in [7, 11) is -3.17. The molecule has 0 saturated heterocycles. The zero-order valence-corrected chi connectivity index (χ0v) is 23.8. The van der Waals surface area contributed by atoms with E-state index in [2.05, 4.69) is 40.5 Å². The molecule has 5 atom stereocenters. The number of benzene rings is 2. The summed E-state index contributed by atoms with van der Waals surface area (Å²) in [6.07, 6.45) is 8.79. The van der Waals surface area contributed by atoms with Crippen LogP contribution < -0.4 is 15.1 Å². The minimum atomic E-state index is -3.17. The zero-order chi connectivity index (χ0) is 27.6. The molecule has 0 spiro atoms. The van der Waals surface area contributed by atoms with Gasteiger partial charge in [-0.25, -0.2) is 13.2 Å². The normalized spacial score (nSPS) is 31.6. The molecule has 4 fully saturated rings. The van der Waals surface area contributed by atoms with E-state index in [-0.39, 0.29) is 12.1 Å². The third-order valence-corrected chi connectivity index (χ3v) is 11.2. The summed E-state index contributed by atoms with van der Waals surface area (Å²) in [6, 6.07) is 16.7. The summed E-state index contributed by atoms with van der Waals surface area (Å²) in [6.45, 7) is 2.20. The summed E-state index contributed by atoms with van der Waals surface area (Å²) < 4.78 is 25.2. The van der Waals surface area contributed by atoms with Gasteiger partial charge in [0, 0.05) is 37.9 Å². The number of fused-ring (bicyclic) bond motifs is 1. The number of para-hydroxylation sites is 2. The Morgan fingerprint density at radius 1 is 0.950 bits per heavy atom. The van der Waals surface area contributed by atoms with Gasteiger partial charge in [-0.05, 0) is 91.7 Å². The number of urea groups is 1. The molecule has 9 heteroatoms. The van der Waals surface area contributed by atoms with Crippen LogP contribution in [0.3, 0.4) is 0 Å². The number of carbonyl (C=O) groups is 1. The summed E-state index contributed by atoms with van der Waals surface area (Å²) in [5.74, 6) is 1.37. The molecule has 0 aromatic heterocycles. The molecule has 2 amide bonds. The molecule has 2 N–H and O–H groups in total. The summed E-state index contributed by atoms with van der Waals surface area (Å²) >= 11 is 0. The molecule has 3 unspecified atom stereocenters. The second-order valence-electron chi connectivity index (χ2n) is 12.6. The van der Waals surface area contributed by atoms with E-state index in [4.69, 9.17) is 0 Å². The number of hydrogen-bond donors (Lipinski definition) is 2. The van der Waals surface area contributed by atoms with E-state index in [9.17, 15) is 18.3 Å². The molecule has 4 saturated carbocycles. The largest absolute Gasteiger partial charge is 0.390 e. The Labute approximate surface area is 236 Å². The fraction of sp³-hybridized carbons (Fsp3) is 0.516. The fourth-order valence-electron chi connectivity index (χ4n) is 8.35. The van der Waals surface area contributed by atoms with E-state index in [1.807, 2.05) is 29.2 Å². The Bertz CT molecular complexity index is 1440. The lowest BCUT2D eigenvalue weighted by molar-refractivity contribution is -0.136. The highest BCUT2D eigenvalue weighted by molar-refractivity contribution is 7.88. The Morgan fingerprint density at radius 2 is 1.65 bits per heavy atom. The quantitative estimate of drug-likeness (QED) is 0.578. The van der Waals surface area contributed by atoms with E-state index >= 15 is 0 Å². The average molecular weight is 563 g/mol. The predicted molar refractivity (Wildman–Crippen MR) is 157 cm³/mol. The number of aliphatic hydroxyl groups is 1. The van der Waals surface area contributed by atoms with Crippen molar-refractivity contribution in [1.29, 1.82) is 0 Å². The standard InChI is InChI=1S/C31H38N4O4S/c1-40(38,39)33-12-10-23(11-13-33)22-6-8-26(9-7-22)34-14-15-35(28-5-3-2-4-27(28)34)30(36)32-29-24-16-21-17-25(29)20-31(37,18-21)19-24/h2-10,21,24-25,29,37H,11-20H2,1H3,(H,32,36)/t21?,24-,25+,29?,31?. The highest BCUT2D eigenvalue weighted by atomic mass is 32.2. The first-order chi connectivity index (χ1) is 19.2. The van der Waals surface area contributed by atoms with Crippen LogP contribution >= 0.6 is 0 Å². The fourth-order valence-corrected chi connectivity index (χ4v) is 9.12. The molecule has 4 bridgehead atoms. The number of nitrogens with one attached hydrogen (secondary N) is 1. The lowest BCUT2D eigenvalue weighted by Crippen LogP contribution is -2.63. The molecule has 8 rings (SSSR count). The maximum Gasteiger partial charge on any atom is 0.322 e. The SMILES string of the molecule is CS(=O)(=O)N1CC=C(c2ccc(N3CCN(C(=O)NC4[C@@H]5CC6C[C@H]4CC(O)(C6)C5)c4ccccc43)cc2)CC1. The molecule has 2 heterocycles. The molecular formula is C31H38N4O4S. The highest BCUT2D eigenvalue weighted by Crippen LogP contribution is 2.55. The molecule has 0 radical (unpaired) electrons. The van der Waals surface area contributed by atoms with Gasteiger partial charge in [-0.3, -0.25) is 4.90 Å². The Hall–Kier alpha value is -2.88. The first-order valence-corrected chi connectivity index (χ1v) is 16.4. The van der Waals surface area contributed by atoms with Crippen LogP contribution in [0.4, 0.5) is 21.9 Å². The molecule has 2 aliphatic heterocycles. The van der Waals surface area contributed by atoms with Crippen molar-refractivity contribution in [3.8, 4) is 0 Å². The number of nitrogens with zero attached hydrogens (tertiary/aromatic N) is 3. The van der Waals surface area contributed by atoms with E-state index in [0.717, 1.165) is 54.7 Å². The van der Waals surface area contributed by atoms with Gasteiger partial charge >= 0.3 is 6.03 Å². The molecule has 212 valence electrons. The maximum absolute atomic E-state index is 13.7. The van der Waals surface area contributed by atoms with Crippen LogP contribution in [0.25, 0.3) is 5.57 Å². The van der Waals surface area contributed by atoms with Crippen LogP contribution in [0.2, 0.25) is 0 Å². The monoisotopic (exact) mass is 562 g/mol. The van der Waals surface area contributed by atoms with Crippen molar-refractivity contribution in [2.75, 3.05) is 42.2 Å². The summed E-state index contributed by atoms with van der Waals surface area (Å²) in [5, 5.41) is 14.4. The van der Waals surface area contributed by atoms with E-state index in [1.54, 1.807) is 0 Å². The smallest absolute Gasteiger partial charge is 0.322 e. The second-order valence-corrected chi connectivity index (χ2v) is 14.6. The van der Waals surface area contributed by atoms with Crippen molar-refractivity contribution >= 4 is 38.7 Å². The van der Waals surface area contributed by atoms with Crippen molar-refractivity contribution < 1.29 is 18.3 Å². The minimum absolute atomic E-state index is 0.0284. The molecule has 8 nitrogen and oxygen atoms in total. The number of sulfonamides is 1. The number of hydrogen-bond acceptors (Lipinski definition) is 5. The number of carbonyl (C=O) groups excluding carboxylic acids is 1. The van der Waals surface area contributed by atoms with Gasteiger partial charge in [-0.1, -0.05) is 30.3 Å². The van der Waals surface area contributed by atoms with Gasteiger partial charge < -0.3 is 15.3 Å². The van der Waals surface area contributed by atoms with Crippen molar-refractivity contribution in [2.45, 2.75) is 50.2 Å². The van der Waals surface area contributed by atoms with Gasteiger partial charge in [0.05, 0.1) is 23.2 Å². The topological polar surface area (TPSA) is 93.2 Å². The molecule has 2 aromatic carbocycles. The van der Waals surface area contributed by atoms with Gasteiger partial charge in [0.25, 0.3) is 0 Å². The van der Waals surface area contributed by atoms with E-state index in [1.165, 1.54) is 16.1 Å². The van der Waals surface area contributed by atoms with Gasteiger partial charge in [0.1, 0.15) is 0 Å². The van der Waals surface area contributed by atoms with Crippen LogP contribution in [-0.4, -0.2) is 67.9 Å². The number of rotatable bonds is 4. The van der Waals surface area contributed by atoms with Gasteiger partial charge in [-0.15, -0.1) is 0 Å². The Morgan fingerprint density at radius 3 is 2.27 bits per heavy atom. The molecule has 40 heavy (non-hydrogen) atoms. The molecular weight excluding hydrogens is 524 g/mol. The Kier molecular flexibility index (Phi) is 6.25. The maximum atomic E-state index is 13.7. The van der Waals surface area contributed by atoms with Gasteiger partial charge in [0.2, 0.25) is 10.0 Å². The zero-order valence-electron chi connectivity index (χ0n) is 23.0. The first kappa shape index (κ1) is 26.0. The van der Waals surface area contributed by atoms with Crippen LogP contribution in [0.15, 0.2) is 54.6 Å². The van der Waals surface area contributed by atoms with Crippen LogP contribution in [-0.2, 0) is 10.0 Å². The highest BCUT2D eigenvalue weighted by Gasteiger charge is 2.55. The molecule has 6 aliphatic rings. The number of anilines is 3. The third-order valence-electron chi connectivity index (χ3n) is 9.98. The van der Waals surface area contributed by atoms with Gasteiger partial charge in [-0.2, -0.15) is 4.31 Å². The minimum Gasteiger partial charge on any atom is -0.390 e. The summed E-state index contributed by atoms with van der Waals surface area (Å²) in [4.78, 5) is 17.8. The lowest BCUT2D eigenvalue weighted by atomic mass is 9.52. The first-order valence-electron chi connectivity index (χ1n) is 14.6. The number of amides is 2. The lowest BCUT2D eigenvalue weighted by Gasteiger charge is -2.58. The Balaban J connectivity index is 1.07. The van der Waals surface area contributed by atoms with E-state index < -0.39 is 15.6 Å². The second kappa shape index (κ2) is 9.60. The van der Waals surface area contributed by atoms with Gasteiger partial charge in [0.15, 0.2) is 0 Å².